The van der Waals surface area contributed by atoms with Crippen LogP contribution in [0.5, 0.6) is 0 Å². The number of Topliss-reactive ketones (excluding diaryl/α,β-unsaturated/α-hetero) is 1. The Morgan fingerprint density at radius 2 is 1.76 bits per heavy atom. The van der Waals surface area contributed by atoms with E-state index in [1.807, 2.05) is 6.07 Å². The number of nitrogens with zero attached hydrogens (tertiary/aromatic N) is 1. The Morgan fingerprint density at radius 1 is 1.12 bits per heavy atom. The summed E-state index contributed by atoms with van der Waals surface area (Å²) in [6.07, 6.45) is 1.45. The molecule has 2 aliphatic rings. The third kappa shape index (κ3) is 2.56. The fourth-order valence-electron chi connectivity index (χ4n) is 2.80. The van der Waals surface area contributed by atoms with E-state index in [2.05, 4.69) is 29.2 Å². The quantitative estimate of drug-likeness (QED) is 0.774. The second-order valence-electron chi connectivity index (χ2n) is 5.01. The Labute approximate surface area is 101 Å². The smallest absolute Gasteiger partial charge is 0.138 e. The van der Waals surface area contributed by atoms with Gasteiger partial charge in [0.1, 0.15) is 5.78 Å². The number of carbonyl (C=O) groups is 1. The van der Waals surface area contributed by atoms with E-state index < -0.39 is 0 Å². The van der Waals surface area contributed by atoms with Gasteiger partial charge in [-0.15, -0.1) is 0 Å². The van der Waals surface area contributed by atoms with Gasteiger partial charge in [-0.3, -0.25) is 9.69 Å². The summed E-state index contributed by atoms with van der Waals surface area (Å²) in [7, 11) is 0. The van der Waals surface area contributed by atoms with E-state index in [4.69, 9.17) is 4.74 Å². The SMILES string of the molecule is O=C1CC2CN(Cc3ccccc3)CC(C1)O2. The van der Waals surface area contributed by atoms with Crippen molar-refractivity contribution < 1.29 is 9.53 Å². The minimum Gasteiger partial charge on any atom is -0.371 e. The zero-order valence-corrected chi connectivity index (χ0v) is 9.84. The number of hydrogen-bond acceptors (Lipinski definition) is 3. The molecular weight excluding hydrogens is 214 g/mol. The molecule has 2 aliphatic heterocycles. The van der Waals surface area contributed by atoms with Crippen LogP contribution in [0.25, 0.3) is 0 Å². The van der Waals surface area contributed by atoms with Crippen LogP contribution in [0.15, 0.2) is 30.3 Å². The molecule has 3 rings (SSSR count). The molecule has 3 heteroatoms. The van der Waals surface area contributed by atoms with Crippen LogP contribution in [0, 0.1) is 0 Å². The number of hydrogen-bond donors (Lipinski definition) is 0. The van der Waals surface area contributed by atoms with E-state index >= 15 is 0 Å². The summed E-state index contributed by atoms with van der Waals surface area (Å²) in [6, 6.07) is 10.5. The summed E-state index contributed by atoms with van der Waals surface area (Å²) in [5.74, 6) is 0.366. The molecular formula is C14H17NO2. The Morgan fingerprint density at radius 3 is 2.41 bits per heavy atom. The summed E-state index contributed by atoms with van der Waals surface area (Å²) < 4.78 is 5.80. The normalized spacial score (nSPS) is 29.3. The third-order valence-corrected chi connectivity index (χ3v) is 3.47. The van der Waals surface area contributed by atoms with Crippen molar-refractivity contribution in [3.8, 4) is 0 Å². The molecule has 90 valence electrons. The van der Waals surface area contributed by atoms with Crippen molar-refractivity contribution in [1.29, 1.82) is 0 Å². The number of likely N-dealkylation sites (tertiary alicyclic amines) is 1. The number of morpholine rings is 1. The monoisotopic (exact) mass is 231 g/mol. The van der Waals surface area contributed by atoms with Crippen LogP contribution >= 0.6 is 0 Å². The zero-order valence-electron chi connectivity index (χ0n) is 9.84. The van der Waals surface area contributed by atoms with Crippen LogP contribution in [0.2, 0.25) is 0 Å². The highest BCUT2D eigenvalue weighted by atomic mass is 16.5. The molecule has 0 amide bonds. The van der Waals surface area contributed by atoms with Gasteiger partial charge in [0.15, 0.2) is 0 Å². The Kier molecular flexibility index (Phi) is 2.95. The van der Waals surface area contributed by atoms with Crippen LogP contribution in [-0.2, 0) is 16.1 Å². The van der Waals surface area contributed by atoms with Crippen LogP contribution in [0.3, 0.4) is 0 Å². The molecule has 0 spiro atoms. The molecule has 1 aromatic carbocycles. The molecule has 2 heterocycles. The maximum absolute atomic E-state index is 11.4. The minimum absolute atomic E-state index is 0.124. The van der Waals surface area contributed by atoms with Gasteiger partial charge >= 0.3 is 0 Å². The summed E-state index contributed by atoms with van der Waals surface area (Å²) in [5.41, 5.74) is 1.33. The summed E-state index contributed by atoms with van der Waals surface area (Å²) >= 11 is 0. The number of ether oxygens (including phenoxy) is 1. The molecule has 2 fully saturated rings. The predicted molar refractivity (Wildman–Crippen MR) is 64.6 cm³/mol. The molecule has 2 bridgehead atoms. The second kappa shape index (κ2) is 4.59. The van der Waals surface area contributed by atoms with Gasteiger partial charge in [-0.1, -0.05) is 30.3 Å². The van der Waals surface area contributed by atoms with Gasteiger partial charge in [0.25, 0.3) is 0 Å². The first-order valence-electron chi connectivity index (χ1n) is 6.23. The highest BCUT2D eigenvalue weighted by Gasteiger charge is 2.34. The van der Waals surface area contributed by atoms with Crippen LogP contribution in [0.4, 0.5) is 0 Å². The average Bonchev–Trinajstić information content (AvgIpc) is 2.28. The van der Waals surface area contributed by atoms with E-state index in [-0.39, 0.29) is 12.2 Å². The standard InChI is InChI=1S/C14H17NO2/c16-12-6-13-9-15(10-14(7-12)17-13)8-11-4-2-1-3-5-11/h1-5,13-14H,6-10H2. The van der Waals surface area contributed by atoms with Crippen molar-refractivity contribution in [3.63, 3.8) is 0 Å². The first-order valence-corrected chi connectivity index (χ1v) is 6.23. The number of ketones is 1. The molecule has 3 nitrogen and oxygen atoms in total. The molecule has 0 aromatic heterocycles. The number of rotatable bonds is 2. The summed E-state index contributed by atoms with van der Waals surface area (Å²) in [4.78, 5) is 13.8. The number of carbonyl (C=O) groups excluding carboxylic acids is 1. The van der Waals surface area contributed by atoms with Crippen molar-refractivity contribution in [2.24, 2.45) is 0 Å². The van der Waals surface area contributed by atoms with Gasteiger partial charge in [0, 0.05) is 32.5 Å². The number of fused-ring (bicyclic) bond motifs is 2. The first kappa shape index (κ1) is 10.9. The van der Waals surface area contributed by atoms with Gasteiger partial charge in [0.2, 0.25) is 0 Å². The maximum atomic E-state index is 11.4. The van der Waals surface area contributed by atoms with Crippen molar-refractivity contribution in [2.75, 3.05) is 13.1 Å². The lowest BCUT2D eigenvalue weighted by Gasteiger charge is -2.40. The topological polar surface area (TPSA) is 29.5 Å². The Hall–Kier alpha value is -1.19. The average molecular weight is 231 g/mol. The van der Waals surface area contributed by atoms with E-state index in [1.165, 1.54) is 5.56 Å². The molecule has 0 radical (unpaired) electrons. The predicted octanol–water partition coefficient (Wildman–Crippen LogP) is 1.62. The number of benzene rings is 1. The maximum Gasteiger partial charge on any atom is 0.138 e. The van der Waals surface area contributed by atoms with Gasteiger partial charge in [-0.25, -0.2) is 0 Å². The molecule has 2 unspecified atom stereocenters. The van der Waals surface area contributed by atoms with Crippen molar-refractivity contribution in [3.05, 3.63) is 35.9 Å². The van der Waals surface area contributed by atoms with Crippen LogP contribution in [0.1, 0.15) is 18.4 Å². The minimum atomic E-state index is 0.124. The fraction of sp³-hybridized carbons (Fsp3) is 0.500. The van der Waals surface area contributed by atoms with Gasteiger partial charge in [-0.05, 0) is 5.56 Å². The first-order chi connectivity index (χ1) is 8.29. The van der Waals surface area contributed by atoms with Gasteiger partial charge in [-0.2, -0.15) is 0 Å². The van der Waals surface area contributed by atoms with Crippen molar-refractivity contribution in [1.82, 2.24) is 4.90 Å². The zero-order chi connectivity index (χ0) is 11.7. The molecule has 2 atom stereocenters. The fourth-order valence-corrected chi connectivity index (χ4v) is 2.80. The van der Waals surface area contributed by atoms with Crippen molar-refractivity contribution in [2.45, 2.75) is 31.6 Å². The highest BCUT2D eigenvalue weighted by molar-refractivity contribution is 5.80. The summed E-state index contributed by atoms with van der Waals surface area (Å²) in [5, 5.41) is 0. The highest BCUT2D eigenvalue weighted by Crippen LogP contribution is 2.24. The van der Waals surface area contributed by atoms with Gasteiger partial charge in [0.05, 0.1) is 12.2 Å². The molecule has 17 heavy (non-hydrogen) atoms. The summed E-state index contributed by atoms with van der Waals surface area (Å²) in [6.45, 7) is 2.74. The molecule has 0 saturated carbocycles. The molecule has 2 saturated heterocycles. The Bertz CT molecular complexity index is 388. The lowest BCUT2D eigenvalue weighted by atomic mass is 9.98. The Balaban J connectivity index is 1.65. The van der Waals surface area contributed by atoms with Crippen LogP contribution in [-0.4, -0.2) is 36.0 Å². The largest absolute Gasteiger partial charge is 0.371 e. The lowest BCUT2D eigenvalue weighted by Crippen LogP contribution is -2.51. The lowest BCUT2D eigenvalue weighted by molar-refractivity contribution is -0.149. The molecule has 0 N–H and O–H groups in total. The second-order valence-corrected chi connectivity index (χ2v) is 5.01. The van der Waals surface area contributed by atoms with Crippen LogP contribution < -0.4 is 0 Å². The van der Waals surface area contributed by atoms with E-state index in [1.54, 1.807) is 0 Å². The van der Waals surface area contributed by atoms with Crippen molar-refractivity contribution >= 4 is 5.78 Å². The third-order valence-electron chi connectivity index (χ3n) is 3.47. The van der Waals surface area contributed by atoms with E-state index in [0.717, 1.165) is 19.6 Å². The molecule has 0 aliphatic carbocycles. The van der Waals surface area contributed by atoms with E-state index in [0.29, 0.717) is 18.6 Å². The molecule has 1 aromatic rings. The van der Waals surface area contributed by atoms with Gasteiger partial charge < -0.3 is 4.74 Å². The van der Waals surface area contributed by atoms with E-state index in [9.17, 15) is 4.79 Å².